The van der Waals surface area contributed by atoms with E-state index in [1.165, 1.54) is 12.1 Å². The first-order valence-electron chi connectivity index (χ1n) is 12.4. The molecule has 0 saturated carbocycles. The van der Waals surface area contributed by atoms with Crippen molar-refractivity contribution in [1.29, 1.82) is 0 Å². The predicted octanol–water partition coefficient (Wildman–Crippen LogP) is 3.55. The zero-order valence-corrected chi connectivity index (χ0v) is 22.2. The molecule has 1 aliphatic rings. The average molecular weight is 544 g/mol. The molecule has 4 N–H and O–H groups in total. The summed E-state index contributed by atoms with van der Waals surface area (Å²) in [6, 6.07) is 19.4. The number of hydrogen-bond acceptors (Lipinski definition) is 7. The maximum atomic E-state index is 12.5. The first kappa shape index (κ1) is 26.4. The van der Waals surface area contributed by atoms with Crippen LogP contribution in [0, 0.1) is 0 Å². The van der Waals surface area contributed by atoms with Crippen LogP contribution in [-0.4, -0.2) is 62.8 Å². The monoisotopic (exact) mass is 543 g/mol. The standard InChI is InChI=1S/C29H29N5O4S/c1-33-14-16-34(17-15-33)23-9-7-22(8-10-23)31-19-27-26-18-21(6-13-25(26)28(35)32-29(27)36)3-2-20-4-11-24(12-5-20)39(30,37)38/h2-13,18-19H,14-17H2,1H3,(H2,30,37,38)(H2,32,35,36)/b3-2+,31-19?. The van der Waals surface area contributed by atoms with Gasteiger partial charge in [0.2, 0.25) is 15.9 Å². The van der Waals surface area contributed by atoms with Gasteiger partial charge in [-0.15, -0.1) is 0 Å². The second-order valence-electron chi connectivity index (χ2n) is 9.53. The van der Waals surface area contributed by atoms with Gasteiger partial charge in [-0.1, -0.05) is 30.4 Å². The van der Waals surface area contributed by atoms with E-state index in [-0.39, 0.29) is 10.8 Å². The second kappa shape index (κ2) is 10.9. The Morgan fingerprint density at radius 3 is 2.21 bits per heavy atom. The first-order chi connectivity index (χ1) is 18.7. The summed E-state index contributed by atoms with van der Waals surface area (Å²) in [5.74, 6) is -0.259. The number of pyridine rings is 1. The van der Waals surface area contributed by atoms with Crippen LogP contribution in [0.5, 0.6) is 5.88 Å². The van der Waals surface area contributed by atoms with E-state index in [9.17, 15) is 18.3 Å². The van der Waals surface area contributed by atoms with E-state index in [0.717, 1.165) is 48.7 Å². The lowest BCUT2D eigenvalue weighted by Crippen LogP contribution is -2.44. The third-order valence-electron chi connectivity index (χ3n) is 6.80. The number of likely N-dealkylation sites (N-methyl/N-ethyl adjacent to an activating group) is 1. The van der Waals surface area contributed by atoms with Gasteiger partial charge in [0, 0.05) is 48.9 Å². The molecule has 9 nitrogen and oxygen atoms in total. The summed E-state index contributed by atoms with van der Waals surface area (Å²) in [7, 11) is -1.63. The van der Waals surface area contributed by atoms with Crippen LogP contribution in [0.1, 0.15) is 16.7 Å². The number of aromatic hydroxyl groups is 1. The second-order valence-corrected chi connectivity index (χ2v) is 11.1. The number of aliphatic imine (C=N–C) groups is 1. The van der Waals surface area contributed by atoms with Crippen LogP contribution in [0.15, 0.2) is 81.4 Å². The molecule has 10 heteroatoms. The number of hydrogen-bond donors (Lipinski definition) is 3. The molecule has 0 aliphatic carbocycles. The van der Waals surface area contributed by atoms with Crippen LogP contribution < -0.4 is 15.6 Å². The fraction of sp³-hybridized carbons (Fsp3) is 0.172. The molecular formula is C29H29N5O4S. The number of nitrogens with two attached hydrogens (primary N) is 1. The van der Waals surface area contributed by atoms with Gasteiger partial charge >= 0.3 is 0 Å². The molecule has 2 heterocycles. The maximum absolute atomic E-state index is 12.5. The van der Waals surface area contributed by atoms with Crippen LogP contribution in [0.25, 0.3) is 22.9 Å². The number of aromatic amines is 1. The zero-order valence-electron chi connectivity index (χ0n) is 21.4. The Kier molecular flexibility index (Phi) is 7.34. The van der Waals surface area contributed by atoms with Gasteiger partial charge in [0.05, 0.1) is 16.1 Å². The Labute approximate surface area is 226 Å². The van der Waals surface area contributed by atoms with Crippen molar-refractivity contribution in [2.45, 2.75) is 4.90 Å². The molecule has 0 radical (unpaired) electrons. The molecule has 0 amide bonds. The minimum atomic E-state index is -3.76. The molecule has 0 atom stereocenters. The lowest BCUT2D eigenvalue weighted by molar-refractivity contribution is 0.313. The molecular weight excluding hydrogens is 514 g/mol. The van der Waals surface area contributed by atoms with Crippen LogP contribution in [0.3, 0.4) is 0 Å². The highest BCUT2D eigenvalue weighted by molar-refractivity contribution is 7.89. The van der Waals surface area contributed by atoms with Gasteiger partial charge in [-0.2, -0.15) is 0 Å². The summed E-state index contributed by atoms with van der Waals surface area (Å²) in [4.78, 5) is 24.2. The van der Waals surface area contributed by atoms with E-state index >= 15 is 0 Å². The third-order valence-corrected chi connectivity index (χ3v) is 7.73. The summed E-state index contributed by atoms with van der Waals surface area (Å²) in [5.41, 5.74) is 3.44. The average Bonchev–Trinajstić information content (AvgIpc) is 2.92. The fourth-order valence-corrected chi connectivity index (χ4v) is 5.02. The van der Waals surface area contributed by atoms with Crippen molar-refractivity contribution in [2.24, 2.45) is 10.1 Å². The number of rotatable bonds is 6. The van der Waals surface area contributed by atoms with Gasteiger partial charge < -0.3 is 14.9 Å². The van der Waals surface area contributed by atoms with Crippen molar-refractivity contribution in [3.63, 3.8) is 0 Å². The summed E-state index contributed by atoms with van der Waals surface area (Å²) in [6.45, 7) is 4.02. The van der Waals surface area contributed by atoms with Gasteiger partial charge in [0.25, 0.3) is 5.56 Å². The van der Waals surface area contributed by atoms with Crippen molar-refractivity contribution in [3.05, 3.63) is 93.8 Å². The van der Waals surface area contributed by atoms with Gasteiger partial charge in [0.15, 0.2) is 0 Å². The Morgan fingerprint density at radius 1 is 0.897 bits per heavy atom. The Hall–Kier alpha value is -4.25. The number of aromatic nitrogens is 1. The van der Waals surface area contributed by atoms with Crippen molar-refractivity contribution < 1.29 is 13.5 Å². The maximum Gasteiger partial charge on any atom is 0.258 e. The van der Waals surface area contributed by atoms with Crippen LogP contribution in [0.2, 0.25) is 0 Å². The molecule has 1 aromatic heterocycles. The number of sulfonamides is 1. The van der Waals surface area contributed by atoms with Crippen molar-refractivity contribution in [1.82, 2.24) is 9.88 Å². The molecule has 0 bridgehead atoms. The topological polar surface area (TPSA) is 132 Å². The van der Waals surface area contributed by atoms with Gasteiger partial charge in [-0.05, 0) is 66.7 Å². The van der Waals surface area contributed by atoms with E-state index < -0.39 is 15.6 Å². The highest BCUT2D eigenvalue weighted by atomic mass is 32.2. The van der Waals surface area contributed by atoms with Gasteiger partial charge in [0.1, 0.15) is 0 Å². The van der Waals surface area contributed by atoms with E-state index in [1.807, 2.05) is 36.4 Å². The largest absolute Gasteiger partial charge is 0.494 e. The van der Waals surface area contributed by atoms with Crippen molar-refractivity contribution >= 4 is 50.5 Å². The summed E-state index contributed by atoms with van der Waals surface area (Å²) in [6.07, 6.45) is 5.20. The number of primary sulfonamides is 1. The number of H-pyrrole nitrogens is 1. The lowest BCUT2D eigenvalue weighted by Gasteiger charge is -2.34. The first-order valence-corrected chi connectivity index (χ1v) is 14.0. The molecule has 3 aromatic carbocycles. The van der Waals surface area contributed by atoms with E-state index in [1.54, 1.807) is 36.5 Å². The summed E-state index contributed by atoms with van der Waals surface area (Å²) < 4.78 is 22.9. The Bertz CT molecular complexity index is 1720. The van der Waals surface area contributed by atoms with Gasteiger partial charge in [-0.3, -0.25) is 14.8 Å². The molecule has 1 aliphatic heterocycles. The Morgan fingerprint density at radius 2 is 1.54 bits per heavy atom. The smallest absolute Gasteiger partial charge is 0.258 e. The van der Waals surface area contributed by atoms with Crippen LogP contribution in [-0.2, 0) is 10.0 Å². The van der Waals surface area contributed by atoms with E-state index in [0.29, 0.717) is 16.3 Å². The minimum absolute atomic E-state index is 0.0398. The van der Waals surface area contributed by atoms with E-state index in [2.05, 4.69) is 26.8 Å². The number of nitrogens with zero attached hydrogens (tertiary/aromatic N) is 3. The zero-order chi connectivity index (χ0) is 27.6. The number of anilines is 1. The highest BCUT2D eigenvalue weighted by Crippen LogP contribution is 2.25. The molecule has 200 valence electrons. The van der Waals surface area contributed by atoms with Crippen LogP contribution in [0.4, 0.5) is 11.4 Å². The molecule has 4 aromatic rings. The Balaban J connectivity index is 1.41. The third kappa shape index (κ3) is 6.09. The molecule has 0 unspecified atom stereocenters. The number of benzene rings is 3. The fourth-order valence-electron chi connectivity index (χ4n) is 4.50. The predicted molar refractivity (Wildman–Crippen MR) is 156 cm³/mol. The number of piperazine rings is 1. The molecule has 0 spiro atoms. The quantitative estimate of drug-likeness (QED) is 0.252. The van der Waals surface area contributed by atoms with Gasteiger partial charge in [-0.25, -0.2) is 13.6 Å². The lowest BCUT2D eigenvalue weighted by atomic mass is 10.0. The molecule has 39 heavy (non-hydrogen) atoms. The molecule has 1 saturated heterocycles. The number of nitrogens with one attached hydrogen (secondary N) is 1. The van der Waals surface area contributed by atoms with E-state index in [4.69, 9.17) is 5.14 Å². The number of fused-ring (bicyclic) bond motifs is 1. The highest BCUT2D eigenvalue weighted by Gasteiger charge is 2.14. The SMILES string of the molecule is CN1CCN(c2ccc(N=Cc3c(O)[nH]c(=O)c4ccc(/C=C/c5ccc(S(N)(=O)=O)cc5)cc34)cc2)CC1. The minimum Gasteiger partial charge on any atom is -0.494 e. The molecule has 1 fully saturated rings. The molecule has 5 rings (SSSR count). The normalized spacial score (nSPS) is 15.1. The summed E-state index contributed by atoms with van der Waals surface area (Å²) in [5, 5.41) is 16.7. The van der Waals surface area contributed by atoms with Crippen molar-refractivity contribution in [3.8, 4) is 5.88 Å². The van der Waals surface area contributed by atoms with Crippen molar-refractivity contribution in [2.75, 3.05) is 38.1 Å². The van der Waals surface area contributed by atoms with Crippen LogP contribution >= 0.6 is 0 Å². The summed E-state index contributed by atoms with van der Waals surface area (Å²) >= 11 is 0.